The molecule has 2 heteroatoms. The van der Waals surface area contributed by atoms with Crippen LogP contribution in [0.25, 0.3) is 0 Å². The topological polar surface area (TPSA) is 15.3 Å². The minimum Gasteiger partial charge on any atom is -0.313 e. The van der Waals surface area contributed by atoms with Crippen molar-refractivity contribution in [3.8, 4) is 0 Å². The summed E-state index contributed by atoms with van der Waals surface area (Å²) in [6, 6.07) is 0.775. The molecule has 0 radical (unpaired) electrons. The van der Waals surface area contributed by atoms with Crippen LogP contribution in [0, 0.1) is 5.92 Å². The van der Waals surface area contributed by atoms with Crippen LogP contribution < -0.4 is 5.32 Å². The van der Waals surface area contributed by atoms with Gasteiger partial charge in [0.05, 0.1) is 0 Å². The number of allylic oxidation sites excluding steroid dienone is 1. The van der Waals surface area contributed by atoms with Crippen molar-refractivity contribution in [3.63, 3.8) is 0 Å². The molecule has 0 aromatic carbocycles. The summed E-state index contributed by atoms with van der Waals surface area (Å²) in [7, 11) is 0. The molecule has 2 aliphatic rings. The first kappa shape index (κ1) is 14.1. The average molecular weight is 250 g/mol. The number of nitrogens with zero attached hydrogens (tertiary/aromatic N) is 1. The lowest BCUT2D eigenvalue weighted by Gasteiger charge is -2.25. The summed E-state index contributed by atoms with van der Waals surface area (Å²) >= 11 is 0. The molecule has 1 saturated heterocycles. The maximum absolute atomic E-state index is 3.79. The van der Waals surface area contributed by atoms with Crippen LogP contribution in [0.2, 0.25) is 0 Å². The number of rotatable bonds is 10. The van der Waals surface area contributed by atoms with Gasteiger partial charge in [0, 0.05) is 19.1 Å². The van der Waals surface area contributed by atoms with Crippen molar-refractivity contribution in [1.82, 2.24) is 10.2 Å². The van der Waals surface area contributed by atoms with Crippen LogP contribution >= 0.6 is 0 Å². The largest absolute Gasteiger partial charge is 0.313 e. The van der Waals surface area contributed by atoms with E-state index in [1.807, 2.05) is 6.08 Å². The second-order valence-corrected chi connectivity index (χ2v) is 6.13. The van der Waals surface area contributed by atoms with Crippen LogP contribution in [0.4, 0.5) is 0 Å². The first-order valence-electron chi connectivity index (χ1n) is 7.95. The molecule has 104 valence electrons. The lowest BCUT2D eigenvalue weighted by Crippen LogP contribution is -2.39. The fraction of sp³-hybridized carbons (Fsp3) is 0.875. The minimum atomic E-state index is 0.775. The molecule has 0 aromatic rings. The van der Waals surface area contributed by atoms with Gasteiger partial charge in [-0.25, -0.2) is 0 Å². The fourth-order valence-electron chi connectivity index (χ4n) is 2.95. The quantitative estimate of drug-likeness (QED) is 0.473. The average Bonchev–Trinajstić information content (AvgIpc) is 3.03. The van der Waals surface area contributed by atoms with Gasteiger partial charge in [0.15, 0.2) is 0 Å². The van der Waals surface area contributed by atoms with Crippen LogP contribution in [0.3, 0.4) is 0 Å². The molecule has 1 saturated carbocycles. The molecule has 18 heavy (non-hydrogen) atoms. The Morgan fingerprint density at radius 3 is 2.67 bits per heavy atom. The predicted octanol–water partition coefficient (Wildman–Crippen LogP) is 3.20. The molecule has 1 unspecified atom stereocenters. The Balaban J connectivity index is 1.61. The monoisotopic (exact) mass is 250 g/mol. The minimum absolute atomic E-state index is 0.775. The molecule has 1 heterocycles. The van der Waals surface area contributed by atoms with Crippen molar-refractivity contribution >= 4 is 0 Å². The second-order valence-electron chi connectivity index (χ2n) is 6.13. The van der Waals surface area contributed by atoms with E-state index in [1.165, 1.54) is 77.5 Å². The van der Waals surface area contributed by atoms with E-state index < -0.39 is 0 Å². The number of unbranched alkanes of at least 4 members (excludes halogenated alkanes) is 3. The zero-order chi connectivity index (χ0) is 12.6. The zero-order valence-electron chi connectivity index (χ0n) is 11.9. The van der Waals surface area contributed by atoms with Gasteiger partial charge < -0.3 is 10.2 Å². The lowest BCUT2D eigenvalue weighted by atomic mass is 10.1. The summed E-state index contributed by atoms with van der Waals surface area (Å²) in [6.45, 7) is 8.99. The molecular formula is C16H30N2. The molecule has 2 rings (SSSR count). The predicted molar refractivity (Wildman–Crippen MR) is 78.9 cm³/mol. The summed E-state index contributed by atoms with van der Waals surface area (Å²) in [5.41, 5.74) is 0. The standard InChI is InChI=1S/C16H30N2/c1-2-3-4-5-6-12-18(13-15-9-10-15)14-16-8-7-11-17-16/h2,15-17H,1,3-14H2. The Morgan fingerprint density at radius 1 is 1.11 bits per heavy atom. The van der Waals surface area contributed by atoms with E-state index in [0.717, 1.165) is 12.0 Å². The molecule has 0 aromatic heterocycles. The fourth-order valence-corrected chi connectivity index (χ4v) is 2.95. The van der Waals surface area contributed by atoms with Crippen LogP contribution in [-0.4, -0.2) is 37.1 Å². The van der Waals surface area contributed by atoms with Gasteiger partial charge >= 0.3 is 0 Å². The van der Waals surface area contributed by atoms with Crippen molar-refractivity contribution < 1.29 is 0 Å². The maximum atomic E-state index is 3.79. The zero-order valence-corrected chi connectivity index (χ0v) is 11.9. The first-order valence-corrected chi connectivity index (χ1v) is 7.95. The maximum Gasteiger partial charge on any atom is 0.0195 e. The molecule has 1 atom stereocenters. The Kier molecular flexibility index (Phi) is 6.22. The Hall–Kier alpha value is -0.340. The van der Waals surface area contributed by atoms with E-state index in [4.69, 9.17) is 0 Å². The molecule has 1 aliphatic heterocycles. The van der Waals surface area contributed by atoms with Crippen molar-refractivity contribution in [2.24, 2.45) is 5.92 Å². The van der Waals surface area contributed by atoms with E-state index in [0.29, 0.717) is 0 Å². The van der Waals surface area contributed by atoms with Crippen molar-refractivity contribution in [2.45, 2.75) is 57.4 Å². The van der Waals surface area contributed by atoms with E-state index in [9.17, 15) is 0 Å². The highest BCUT2D eigenvalue weighted by molar-refractivity contribution is 4.82. The molecule has 0 spiro atoms. The lowest BCUT2D eigenvalue weighted by molar-refractivity contribution is 0.235. The third-order valence-electron chi connectivity index (χ3n) is 4.24. The smallest absolute Gasteiger partial charge is 0.0195 e. The Morgan fingerprint density at radius 2 is 2.00 bits per heavy atom. The van der Waals surface area contributed by atoms with Crippen LogP contribution in [0.15, 0.2) is 12.7 Å². The van der Waals surface area contributed by atoms with Crippen molar-refractivity contribution in [3.05, 3.63) is 12.7 Å². The SMILES string of the molecule is C=CCCCCCN(CC1CC1)CC1CCCN1. The molecular weight excluding hydrogens is 220 g/mol. The number of nitrogens with one attached hydrogen (secondary N) is 1. The molecule has 1 aliphatic carbocycles. The van der Waals surface area contributed by atoms with E-state index in [1.54, 1.807) is 0 Å². The van der Waals surface area contributed by atoms with Gasteiger partial charge in [-0.2, -0.15) is 0 Å². The third kappa shape index (κ3) is 5.53. The molecule has 0 bridgehead atoms. The molecule has 2 fully saturated rings. The van der Waals surface area contributed by atoms with Crippen LogP contribution in [-0.2, 0) is 0 Å². The summed E-state index contributed by atoms with van der Waals surface area (Å²) in [5.74, 6) is 1.03. The van der Waals surface area contributed by atoms with Gasteiger partial charge in [-0.15, -0.1) is 6.58 Å². The molecule has 2 nitrogen and oxygen atoms in total. The van der Waals surface area contributed by atoms with Crippen molar-refractivity contribution in [2.75, 3.05) is 26.2 Å². The number of hydrogen-bond donors (Lipinski definition) is 1. The normalized spacial score (nSPS) is 23.7. The van der Waals surface area contributed by atoms with Gasteiger partial charge in [-0.1, -0.05) is 12.5 Å². The highest BCUT2D eigenvalue weighted by Gasteiger charge is 2.26. The van der Waals surface area contributed by atoms with Gasteiger partial charge in [0.2, 0.25) is 0 Å². The summed E-state index contributed by atoms with van der Waals surface area (Å²) in [5, 5.41) is 3.64. The van der Waals surface area contributed by atoms with Crippen LogP contribution in [0.5, 0.6) is 0 Å². The molecule has 1 N–H and O–H groups in total. The van der Waals surface area contributed by atoms with E-state index in [2.05, 4.69) is 16.8 Å². The summed E-state index contributed by atoms with van der Waals surface area (Å²) in [6.07, 6.45) is 13.0. The van der Waals surface area contributed by atoms with Crippen molar-refractivity contribution in [1.29, 1.82) is 0 Å². The third-order valence-corrected chi connectivity index (χ3v) is 4.24. The van der Waals surface area contributed by atoms with Gasteiger partial charge in [-0.05, 0) is 64.0 Å². The van der Waals surface area contributed by atoms with Gasteiger partial charge in [0.1, 0.15) is 0 Å². The summed E-state index contributed by atoms with van der Waals surface area (Å²) in [4.78, 5) is 2.73. The van der Waals surface area contributed by atoms with Crippen LogP contribution in [0.1, 0.15) is 51.4 Å². The highest BCUT2D eigenvalue weighted by Crippen LogP contribution is 2.30. The Labute approximate surface area is 113 Å². The van der Waals surface area contributed by atoms with E-state index in [-0.39, 0.29) is 0 Å². The molecule has 0 amide bonds. The van der Waals surface area contributed by atoms with Gasteiger partial charge in [-0.3, -0.25) is 0 Å². The number of hydrogen-bond acceptors (Lipinski definition) is 2. The Bertz CT molecular complexity index is 229. The highest BCUT2D eigenvalue weighted by atomic mass is 15.2. The van der Waals surface area contributed by atoms with Gasteiger partial charge in [0.25, 0.3) is 0 Å². The first-order chi connectivity index (χ1) is 8.88. The van der Waals surface area contributed by atoms with E-state index >= 15 is 0 Å². The summed E-state index contributed by atoms with van der Waals surface area (Å²) < 4.78 is 0. The second kappa shape index (κ2) is 7.96.